The summed E-state index contributed by atoms with van der Waals surface area (Å²) in [5.74, 6) is 0.360. The van der Waals surface area contributed by atoms with E-state index in [1.54, 1.807) is 29.5 Å². The van der Waals surface area contributed by atoms with Crippen molar-refractivity contribution in [1.82, 2.24) is 10.1 Å². The molecule has 0 spiro atoms. The summed E-state index contributed by atoms with van der Waals surface area (Å²) in [4.78, 5) is 18.7. The van der Waals surface area contributed by atoms with E-state index in [0.29, 0.717) is 51.5 Å². The van der Waals surface area contributed by atoms with Crippen molar-refractivity contribution in [2.75, 3.05) is 4.90 Å². The molecule has 3 atom stereocenters. The number of nitrogens with zero attached hydrogens (tertiary/aromatic N) is 3. The molecule has 2 aromatic heterocycles. The standard InChI is InChI=1S/C28H25Cl2N3O4S/c29-20-2-1-3-21(30)24(20)25-19(26(37-32-25)14-4-5-14)13-36-18-11-16-7-8-17(12-18)33(16)28-31-22-9-6-15(27(34)35)10-23(22)38-28/h1-3,6,9-10,14,16-18H,4-5,7-8,11-13H2,(H,34,35)/t16-,17+,18+. The monoisotopic (exact) mass is 569 g/mol. The van der Waals surface area contributed by atoms with E-state index in [4.69, 9.17) is 37.4 Å². The number of piperidine rings is 1. The van der Waals surface area contributed by atoms with E-state index >= 15 is 0 Å². The third-order valence-electron chi connectivity index (χ3n) is 7.96. The summed E-state index contributed by atoms with van der Waals surface area (Å²) < 4.78 is 13.3. The number of anilines is 1. The highest BCUT2D eigenvalue weighted by Crippen LogP contribution is 2.47. The molecule has 1 N–H and O–H groups in total. The molecule has 1 saturated carbocycles. The Kier molecular flexibility index (Phi) is 6.11. The summed E-state index contributed by atoms with van der Waals surface area (Å²) in [6.45, 7) is 0.412. The van der Waals surface area contributed by atoms with Crippen LogP contribution in [0.25, 0.3) is 21.5 Å². The van der Waals surface area contributed by atoms with Gasteiger partial charge >= 0.3 is 5.97 Å². The van der Waals surface area contributed by atoms with Crippen LogP contribution in [-0.2, 0) is 11.3 Å². The summed E-state index contributed by atoms with van der Waals surface area (Å²) in [7, 11) is 0. The zero-order chi connectivity index (χ0) is 26.0. The topological polar surface area (TPSA) is 88.7 Å². The SMILES string of the molecule is O=C(O)c1ccc2nc(N3[C@@H]4CC[C@H]3C[C@@H](OCc3c(-c5c(Cl)cccc5Cl)noc3C3CC3)C4)sc2c1. The second-order valence-corrected chi connectivity index (χ2v) is 12.2. The molecule has 2 bridgehead atoms. The van der Waals surface area contributed by atoms with Crippen LogP contribution in [0.3, 0.4) is 0 Å². The molecule has 38 heavy (non-hydrogen) atoms. The maximum atomic E-state index is 11.4. The van der Waals surface area contributed by atoms with E-state index in [-0.39, 0.29) is 6.10 Å². The Hall–Kier alpha value is -2.65. The van der Waals surface area contributed by atoms with Gasteiger partial charge in [0.15, 0.2) is 5.13 Å². The van der Waals surface area contributed by atoms with Crippen LogP contribution in [0, 0.1) is 0 Å². The van der Waals surface area contributed by atoms with E-state index in [9.17, 15) is 9.90 Å². The molecule has 0 radical (unpaired) electrons. The van der Waals surface area contributed by atoms with Crippen molar-refractivity contribution in [2.45, 2.75) is 69.2 Å². The van der Waals surface area contributed by atoms with Crippen LogP contribution >= 0.6 is 34.5 Å². The Labute approximate surface area is 233 Å². The fourth-order valence-corrected chi connectivity index (χ4v) is 7.71. The molecule has 2 saturated heterocycles. The highest BCUT2D eigenvalue weighted by atomic mass is 35.5. The van der Waals surface area contributed by atoms with E-state index in [0.717, 1.165) is 65.2 Å². The highest BCUT2D eigenvalue weighted by Gasteiger charge is 2.43. The minimum absolute atomic E-state index is 0.119. The lowest BCUT2D eigenvalue weighted by atomic mass is 10.00. The average Bonchev–Trinajstić information content (AvgIpc) is 3.42. The Morgan fingerprint density at radius 3 is 2.53 bits per heavy atom. The smallest absolute Gasteiger partial charge is 0.335 e. The number of carbonyl (C=O) groups is 1. The Bertz CT molecular complexity index is 1510. The number of hydrogen-bond acceptors (Lipinski definition) is 7. The van der Waals surface area contributed by atoms with Crippen LogP contribution in [0.1, 0.15) is 66.1 Å². The molecule has 7 nitrogen and oxygen atoms in total. The summed E-state index contributed by atoms with van der Waals surface area (Å²) in [5, 5.41) is 15.8. The minimum Gasteiger partial charge on any atom is -0.478 e. The number of aromatic nitrogens is 2. The lowest BCUT2D eigenvalue weighted by molar-refractivity contribution is 0.0147. The molecule has 196 valence electrons. The lowest BCUT2D eigenvalue weighted by Gasteiger charge is -2.38. The van der Waals surface area contributed by atoms with Gasteiger partial charge in [0.25, 0.3) is 0 Å². The van der Waals surface area contributed by atoms with Crippen molar-refractivity contribution in [3.05, 3.63) is 63.3 Å². The molecule has 10 heteroatoms. The van der Waals surface area contributed by atoms with Crippen LogP contribution < -0.4 is 4.90 Å². The first-order chi connectivity index (χ1) is 18.5. The molecule has 4 heterocycles. The van der Waals surface area contributed by atoms with Crippen molar-refractivity contribution in [3.8, 4) is 11.3 Å². The van der Waals surface area contributed by atoms with Gasteiger partial charge in [-0.1, -0.05) is 45.8 Å². The van der Waals surface area contributed by atoms with Gasteiger partial charge in [-0.05, 0) is 68.9 Å². The fourth-order valence-electron chi connectivity index (χ4n) is 5.98. The van der Waals surface area contributed by atoms with Crippen molar-refractivity contribution < 1.29 is 19.2 Å². The zero-order valence-corrected chi connectivity index (χ0v) is 22.7. The predicted octanol–water partition coefficient (Wildman–Crippen LogP) is 7.55. The summed E-state index contributed by atoms with van der Waals surface area (Å²) in [6.07, 6.45) is 6.34. The summed E-state index contributed by atoms with van der Waals surface area (Å²) in [6, 6.07) is 11.3. The van der Waals surface area contributed by atoms with Gasteiger partial charge in [0.05, 0.1) is 38.5 Å². The third-order valence-corrected chi connectivity index (χ3v) is 9.63. The van der Waals surface area contributed by atoms with Crippen LogP contribution in [0.2, 0.25) is 10.0 Å². The molecule has 1 aliphatic carbocycles. The van der Waals surface area contributed by atoms with E-state index in [1.165, 1.54) is 0 Å². The number of carboxylic acids is 1. The number of hydrogen-bond donors (Lipinski definition) is 1. The lowest BCUT2D eigenvalue weighted by Crippen LogP contribution is -2.45. The minimum atomic E-state index is -0.919. The average molecular weight is 570 g/mol. The molecule has 0 unspecified atom stereocenters. The number of aromatic carboxylic acids is 1. The Morgan fingerprint density at radius 1 is 1.11 bits per heavy atom. The Balaban J connectivity index is 1.10. The number of halogens is 2. The molecule has 3 fully saturated rings. The second-order valence-electron chi connectivity index (χ2n) is 10.4. The van der Waals surface area contributed by atoms with Gasteiger partial charge in [-0.2, -0.15) is 0 Å². The molecule has 7 rings (SSSR count). The van der Waals surface area contributed by atoms with Gasteiger partial charge in [-0.3, -0.25) is 0 Å². The zero-order valence-electron chi connectivity index (χ0n) is 20.4. The first kappa shape index (κ1) is 24.4. The number of fused-ring (bicyclic) bond motifs is 3. The largest absolute Gasteiger partial charge is 0.478 e. The van der Waals surface area contributed by atoms with Crippen molar-refractivity contribution in [2.24, 2.45) is 0 Å². The van der Waals surface area contributed by atoms with Gasteiger partial charge in [0.2, 0.25) is 0 Å². The van der Waals surface area contributed by atoms with Gasteiger partial charge in [-0.15, -0.1) is 0 Å². The molecule has 3 aliphatic rings. The molecular weight excluding hydrogens is 545 g/mol. The molecule has 0 amide bonds. The summed E-state index contributed by atoms with van der Waals surface area (Å²) >= 11 is 14.6. The second kappa shape index (κ2) is 9.52. The molecule has 4 aromatic rings. The van der Waals surface area contributed by atoms with Crippen molar-refractivity contribution >= 4 is 55.9 Å². The quantitative estimate of drug-likeness (QED) is 0.245. The molecule has 2 aliphatic heterocycles. The summed E-state index contributed by atoms with van der Waals surface area (Å²) in [5.41, 5.74) is 3.47. The number of thiazole rings is 1. The third kappa shape index (κ3) is 4.28. The van der Waals surface area contributed by atoms with E-state index < -0.39 is 5.97 Å². The van der Waals surface area contributed by atoms with Gasteiger partial charge in [0, 0.05) is 29.1 Å². The number of carboxylic acid groups (broad SMARTS) is 1. The normalized spacial score (nSPS) is 22.9. The molecule has 2 aromatic carbocycles. The van der Waals surface area contributed by atoms with Crippen LogP contribution in [0.15, 0.2) is 40.9 Å². The molecular formula is C28H25Cl2N3O4S. The van der Waals surface area contributed by atoms with Gasteiger partial charge in [-0.25, -0.2) is 9.78 Å². The van der Waals surface area contributed by atoms with Crippen molar-refractivity contribution in [1.29, 1.82) is 0 Å². The van der Waals surface area contributed by atoms with Crippen LogP contribution in [0.4, 0.5) is 5.13 Å². The maximum Gasteiger partial charge on any atom is 0.335 e. The van der Waals surface area contributed by atoms with Gasteiger partial charge in [0.1, 0.15) is 11.5 Å². The first-order valence-corrected chi connectivity index (χ1v) is 14.5. The predicted molar refractivity (Wildman–Crippen MR) is 148 cm³/mol. The Morgan fingerprint density at radius 2 is 1.84 bits per heavy atom. The highest BCUT2D eigenvalue weighted by molar-refractivity contribution is 7.22. The number of rotatable bonds is 7. The number of benzene rings is 2. The van der Waals surface area contributed by atoms with Crippen molar-refractivity contribution in [3.63, 3.8) is 0 Å². The van der Waals surface area contributed by atoms with Crippen LogP contribution in [0.5, 0.6) is 0 Å². The van der Waals surface area contributed by atoms with Crippen LogP contribution in [-0.4, -0.2) is 39.4 Å². The van der Waals surface area contributed by atoms with E-state index in [2.05, 4.69) is 10.1 Å². The van der Waals surface area contributed by atoms with E-state index in [1.807, 2.05) is 18.2 Å². The maximum absolute atomic E-state index is 11.4. The number of ether oxygens (including phenoxy) is 1. The van der Waals surface area contributed by atoms with Gasteiger partial charge < -0.3 is 19.3 Å². The first-order valence-electron chi connectivity index (χ1n) is 12.9. The fraction of sp³-hybridized carbons (Fsp3) is 0.393.